The Labute approximate surface area is 252 Å². The number of ether oxygens (including phenoxy) is 2. The van der Waals surface area contributed by atoms with Crippen LogP contribution in [-0.4, -0.2) is 37.4 Å². The number of carbonyl (C=O) groups is 1. The van der Waals surface area contributed by atoms with Crippen LogP contribution in [0.15, 0.2) is 54.6 Å². The van der Waals surface area contributed by atoms with Crippen LogP contribution in [0.25, 0.3) is 0 Å². The molecule has 0 aliphatic rings. The molecule has 1 unspecified atom stereocenters. The van der Waals surface area contributed by atoms with Crippen molar-refractivity contribution in [3.8, 4) is 5.75 Å². The van der Waals surface area contributed by atoms with E-state index >= 15 is 0 Å². The van der Waals surface area contributed by atoms with Crippen molar-refractivity contribution in [2.45, 2.75) is 136 Å². The van der Waals surface area contributed by atoms with Crippen molar-refractivity contribution in [1.29, 1.82) is 0 Å². The number of aryl methyl sites for hydroxylation is 1. The van der Waals surface area contributed by atoms with Crippen LogP contribution < -0.4 is 4.74 Å². The van der Waals surface area contributed by atoms with Crippen molar-refractivity contribution in [2.24, 2.45) is 0 Å². The lowest BCUT2D eigenvalue weighted by atomic mass is 10.0. The summed E-state index contributed by atoms with van der Waals surface area (Å²) in [6.07, 6.45) is 19.8. The summed E-state index contributed by atoms with van der Waals surface area (Å²) in [5.74, 6) is 0.629. The Kier molecular flexibility index (Phi) is 18.2. The van der Waals surface area contributed by atoms with Gasteiger partial charge in [-0.3, -0.25) is 4.79 Å². The highest BCUT2D eigenvalue weighted by atomic mass is 16.7. The van der Waals surface area contributed by atoms with Gasteiger partial charge < -0.3 is 14.0 Å². The average molecular weight is 567 g/mol. The van der Waals surface area contributed by atoms with E-state index in [1.54, 1.807) is 0 Å². The highest BCUT2D eigenvalue weighted by molar-refractivity contribution is 5.69. The molecule has 4 heteroatoms. The van der Waals surface area contributed by atoms with Crippen LogP contribution in [-0.2, 0) is 22.5 Å². The lowest BCUT2D eigenvalue weighted by Gasteiger charge is -2.30. The number of carbonyl (C=O) groups excluding carboxylic acids is 1. The zero-order valence-corrected chi connectivity index (χ0v) is 26.9. The molecule has 2 aromatic rings. The molecular formula is C37H60NO3+. The Bertz CT molecular complexity index is 927. The van der Waals surface area contributed by atoms with Gasteiger partial charge in [0.2, 0.25) is 6.29 Å². The van der Waals surface area contributed by atoms with Crippen molar-refractivity contribution >= 4 is 5.97 Å². The number of esters is 1. The maximum absolute atomic E-state index is 12.7. The zero-order valence-electron chi connectivity index (χ0n) is 26.9. The predicted octanol–water partition coefficient (Wildman–Crippen LogP) is 10.0. The summed E-state index contributed by atoms with van der Waals surface area (Å²) in [6, 6.07) is 18.9. The van der Waals surface area contributed by atoms with Crippen LogP contribution in [0.5, 0.6) is 5.75 Å². The van der Waals surface area contributed by atoms with Gasteiger partial charge in [0.05, 0.1) is 27.1 Å². The highest BCUT2D eigenvalue weighted by Gasteiger charge is 2.19. The van der Waals surface area contributed by atoms with Gasteiger partial charge in [-0.25, -0.2) is 0 Å². The van der Waals surface area contributed by atoms with E-state index in [0.29, 0.717) is 12.8 Å². The van der Waals surface area contributed by atoms with E-state index in [1.807, 2.05) is 12.1 Å². The molecule has 0 amide bonds. The third-order valence-corrected chi connectivity index (χ3v) is 7.87. The molecule has 0 aliphatic carbocycles. The van der Waals surface area contributed by atoms with Gasteiger partial charge in [-0.2, -0.15) is 0 Å². The summed E-state index contributed by atoms with van der Waals surface area (Å²) in [6.45, 7) is 6.25. The molecule has 0 saturated carbocycles. The number of benzene rings is 2. The van der Waals surface area contributed by atoms with Crippen molar-refractivity contribution in [3.63, 3.8) is 0 Å². The van der Waals surface area contributed by atoms with Crippen LogP contribution in [0.1, 0.15) is 128 Å². The van der Waals surface area contributed by atoms with E-state index in [4.69, 9.17) is 9.47 Å². The van der Waals surface area contributed by atoms with Crippen molar-refractivity contribution in [1.82, 2.24) is 0 Å². The largest absolute Gasteiger partial charge is 0.455 e. The standard InChI is InChI=1S/C37H60NO3/c1-5-7-8-9-10-11-12-13-14-15-16-18-24-33-27-21-28-35(31-33)40-37(23-6-2)41-36(39)29-22-30-38(3,4)32-34-25-19-17-20-26-34/h17,19-21,25-28,31,37H,5-16,18,22-24,29-30,32H2,1-4H3/q+1. The van der Waals surface area contributed by atoms with Gasteiger partial charge in [-0.1, -0.05) is 127 Å². The second-order valence-electron chi connectivity index (χ2n) is 12.5. The third-order valence-electron chi connectivity index (χ3n) is 7.87. The SMILES string of the molecule is CCCCCCCCCCCCCCc1cccc(OC(CCC)OC(=O)CCC[N+](C)(C)Cc2ccccc2)c1. The minimum absolute atomic E-state index is 0.171. The number of unbranched alkanes of at least 4 members (excludes halogenated alkanes) is 11. The molecule has 0 heterocycles. The fourth-order valence-corrected chi connectivity index (χ4v) is 5.49. The van der Waals surface area contributed by atoms with Gasteiger partial charge in [0.25, 0.3) is 0 Å². The minimum Gasteiger partial charge on any atom is -0.455 e. The molecule has 2 rings (SSSR count). The van der Waals surface area contributed by atoms with Gasteiger partial charge in [-0.15, -0.1) is 0 Å². The second-order valence-corrected chi connectivity index (χ2v) is 12.5. The van der Waals surface area contributed by atoms with E-state index in [9.17, 15) is 4.79 Å². The molecule has 2 aromatic carbocycles. The summed E-state index contributed by atoms with van der Waals surface area (Å²) < 4.78 is 12.8. The molecule has 0 aromatic heterocycles. The summed E-state index contributed by atoms with van der Waals surface area (Å²) in [4.78, 5) is 12.7. The fourth-order valence-electron chi connectivity index (χ4n) is 5.49. The van der Waals surface area contributed by atoms with Gasteiger partial charge >= 0.3 is 5.97 Å². The summed E-state index contributed by atoms with van der Waals surface area (Å²) >= 11 is 0. The van der Waals surface area contributed by atoms with Crippen molar-refractivity contribution in [2.75, 3.05) is 20.6 Å². The molecule has 0 radical (unpaired) electrons. The molecule has 230 valence electrons. The zero-order chi connectivity index (χ0) is 29.6. The van der Waals surface area contributed by atoms with E-state index in [2.05, 4.69) is 70.4 Å². The smallest absolute Gasteiger partial charge is 0.309 e. The van der Waals surface area contributed by atoms with Crippen molar-refractivity contribution in [3.05, 3.63) is 65.7 Å². The van der Waals surface area contributed by atoms with Crippen LogP contribution in [0, 0.1) is 0 Å². The number of hydrogen-bond donors (Lipinski definition) is 0. The van der Waals surface area contributed by atoms with Crippen LogP contribution in [0.3, 0.4) is 0 Å². The number of nitrogens with zero attached hydrogens (tertiary/aromatic N) is 1. The van der Waals surface area contributed by atoms with Crippen LogP contribution >= 0.6 is 0 Å². The molecule has 0 N–H and O–H groups in total. The average Bonchev–Trinajstić information content (AvgIpc) is 2.94. The van der Waals surface area contributed by atoms with Crippen LogP contribution in [0.2, 0.25) is 0 Å². The molecule has 0 saturated heterocycles. The Balaban J connectivity index is 1.64. The second kappa shape index (κ2) is 21.4. The molecule has 0 aliphatic heterocycles. The monoisotopic (exact) mass is 566 g/mol. The quantitative estimate of drug-likeness (QED) is 0.0549. The maximum atomic E-state index is 12.7. The molecule has 41 heavy (non-hydrogen) atoms. The number of quaternary nitrogens is 1. The molecule has 0 spiro atoms. The first-order valence-corrected chi connectivity index (χ1v) is 16.7. The number of hydrogen-bond acceptors (Lipinski definition) is 3. The summed E-state index contributed by atoms with van der Waals surface area (Å²) in [5.41, 5.74) is 2.62. The predicted molar refractivity (Wildman–Crippen MR) is 173 cm³/mol. The first kappa shape index (κ1) is 34.9. The Morgan fingerprint density at radius 2 is 1.32 bits per heavy atom. The van der Waals surface area contributed by atoms with E-state index in [-0.39, 0.29) is 5.97 Å². The van der Waals surface area contributed by atoms with Crippen LogP contribution in [0.4, 0.5) is 0 Å². The first-order chi connectivity index (χ1) is 19.9. The highest BCUT2D eigenvalue weighted by Crippen LogP contribution is 2.20. The Hall–Kier alpha value is -2.33. The van der Waals surface area contributed by atoms with E-state index in [0.717, 1.165) is 42.6 Å². The van der Waals surface area contributed by atoms with Gasteiger partial charge in [0.15, 0.2) is 0 Å². The maximum Gasteiger partial charge on any atom is 0.309 e. The van der Waals surface area contributed by atoms with Gasteiger partial charge in [0, 0.05) is 18.4 Å². The molecule has 1 atom stereocenters. The van der Waals surface area contributed by atoms with Gasteiger partial charge in [-0.05, 0) is 37.0 Å². The summed E-state index contributed by atoms with van der Waals surface area (Å²) in [5, 5.41) is 0. The first-order valence-electron chi connectivity index (χ1n) is 16.7. The minimum atomic E-state index is -0.527. The van der Waals surface area contributed by atoms with Gasteiger partial charge in [0.1, 0.15) is 12.3 Å². The number of rotatable bonds is 24. The third kappa shape index (κ3) is 17.3. The van der Waals surface area contributed by atoms with E-state index < -0.39 is 6.29 Å². The normalized spacial score (nSPS) is 12.3. The van der Waals surface area contributed by atoms with E-state index in [1.165, 1.54) is 88.2 Å². The fraction of sp³-hybridized carbons (Fsp3) is 0.649. The lowest BCUT2D eigenvalue weighted by molar-refractivity contribution is -0.903. The molecular weight excluding hydrogens is 506 g/mol. The molecule has 4 nitrogen and oxygen atoms in total. The Morgan fingerprint density at radius 3 is 1.95 bits per heavy atom. The lowest BCUT2D eigenvalue weighted by Crippen LogP contribution is -2.39. The molecule has 0 bridgehead atoms. The molecule has 0 fully saturated rings. The van der Waals surface area contributed by atoms with Crippen molar-refractivity contribution < 1.29 is 18.8 Å². The topological polar surface area (TPSA) is 35.5 Å². The Morgan fingerprint density at radius 1 is 0.707 bits per heavy atom. The summed E-state index contributed by atoms with van der Waals surface area (Å²) in [7, 11) is 4.43.